The summed E-state index contributed by atoms with van der Waals surface area (Å²) in [6, 6.07) is 6.14. The molecule has 1 aromatic heterocycles. The Balaban J connectivity index is 1.72. The van der Waals surface area contributed by atoms with Crippen molar-refractivity contribution >= 4 is 39.4 Å². The van der Waals surface area contributed by atoms with E-state index in [1.165, 1.54) is 7.11 Å². The number of ether oxygens (including phenoxy) is 1. The second-order valence-electron chi connectivity index (χ2n) is 19.7. The van der Waals surface area contributed by atoms with Crippen LogP contribution in [-0.4, -0.2) is 62.4 Å². The monoisotopic (exact) mass is 759 g/mol. The number of rotatable bonds is 18. The first-order valence-corrected chi connectivity index (χ1v) is 25.5. The maximum Gasteiger partial charge on any atom is 0.308 e. The van der Waals surface area contributed by atoms with E-state index in [1.54, 1.807) is 0 Å². The van der Waals surface area contributed by atoms with E-state index in [9.17, 15) is 14.7 Å². The lowest BCUT2D eigenvalue weighted by molar-refractivity contribution is -0.148. The Morgan fingerprint density at radius 2 is 1.54 bits per heavy atom. The molecule has 52 heavy (non-hydrogen) atoms. The summed E-state index contributed by atoms with van der Waals surface area (Å²) in [5.74, 6) is 1.61. The van der Waals surface area contributed by atoms with Gasteiger partial charge >= 0.3 is 5.97 Å². The van der Waals surface area contributed by atoms with Crippen LogP contribution in [0.25, 0.3) is 11.0 Å². The quantitative estimate of drug-likeness (QED) is 0.119. The molecule has 0 spiro atoms. The summed E-state index contributed by atoms with van der Waals surface area (Å²) < 4.78 is 21.2. The highest BCUT2D eigenvalue weighted by Crippen LogP contribution is 2.48. The molecule has 0 unspecified atom stereocenters. The minimum absolute atomic E-state index is 0.00980. The molecular weight excluding hydrogens is 685 g/mol. The van der Waals surface area contributed by atoms with Crippen molar-refractivity contribution in [2.75, 3.05) is 7.11 Å². The molecule has 1 aliphatic rings. The zero-order valence-electron chi connectivity index (χ0n) is 35.9. The molecule has 0 radical (unpaired) electrons. The fourth-order valence-electron chi connectivity index (χ4n) is 7.12. The van der Waals surface area contributed by atoms with E-state index >= 15 is 0 Å². The molecule has 10 heteroatoms. The van der Waals surface area contributed by atoms with E-state index in [4.69, 9.17) is 13.6 Å². The van der Waals surface area contributed by atoms with E-state index in [2.05, 4.69) is 90.3 Å². The molecule has 0 bridgehead atoms. The number of imidazole rings is 1. The smallest absolute Gasteiger partial charge is 0.308 e. The summed E-state index contributed by atoms with van der Waals surface area (Å²) >= 11 is 0. The number of carbonyl (C=O) groups excluding carboxylic acids is 2. The number of hydrogen-bond acceptors (Lipinski definition) is 7. The van der Waals surface area contributed by atoms with E-state index in [-0.39, 0.29) is 46.2 Å². The summed E-state index contributed by atoms with van der Waals surface area (Å²) in [5.41, 5.74) is 2.04. The lowest BCUT2D eigenvalue weighted by atomic mass is 9.73. The molecule has 3 rings (SSSR count). The third kappa shape index (κ3) is 10.5. The number of methoxy groups -OCH3 is 1. The van der Waals surface area contributed by atoms with Gasteiger partial charge in [-0.3, -0.25) is 9.59 Å². The van der Waals surface area contributed by atoms with Crippen LogP contribution in [0.4, 0.5) is 0 Å². The molecule has 0 aliphatic heterocycles. The van der Waals surface area contributed by atoms with Crippen LogP contribution in [0.5, 0.6) is 0 Å². The SMILES string of the molecule is COC(=O)C[C@H](O[Si](C)(C)C(C)(C)C)C(C)(C)C(=O)[C@H](C)[C@@H](O[Si](C)(C)C(C)(C)C)[C@@H](C)CCC[C@@H]1C[C@H]1C[C@@H](O)c1ccc2c(c1)nc(C)n2C. The fourth-order valence-corrected chi connectivity index (χ4v) is 10.0. The van der Waals surface area contributed by atoms with Crippen LogP contribution >= 0.6 is 0 Å². The van der Waals surface area contributed by atoms with Gasteiger partial charge in [0.15, 0.2) is 16.6 Å². The Hall–Kier alpha value is -1.86. The first-order chi connectivity index (χ1) is 23.6. The molecule has 0 amide bonds. The number of hydrogen-bond donors (Lipinski definition) is 1. The second kappa shape index (κ2) is 16.5. The molecule has 1 N–H and O–H groups in total. The number of aliphatic hydroxyl groups excluding tert-OH is 1. The van der Waals surface area contributed by atoms with Crippen molar-refractivity contribution < 1.29 is 28.3 Å². The predicted molar refractivity (Wildman–Crippen MR) is 218 cm³/mol. The average molecular weight is 759 g/mol. The van der Waals surface area contributed by atoms with Crippen molar-refractivity contribution in [3.63, 3.8) is 0 Å². The highest BCUT2D eigenvalue weighted by molar-refractivity contribution is 6.74. The second-order valence-corrected chi connectivity index (χ2v) is 29.3. The van der Waals surface area contributed by atoms with Gasteiger partial charge in [-0.05, 0) is 97.9 Å². The maximum atomic E-state index is 14.7. The van der Waals surface area contributed by atoms with Crippen LogP contribution in [0, 0.1) is 36.0 Å². The summed E-state index contributed by atoms with van der Waals surface area (Å²) in [5, 5.41) is 11.0. The van der Waals surface area contributed by atoms with Crippen molar-refractivity contribution in [1.82, 2.24) is 9.55 Å². The summed E-state index contributed by atoms with van der Waals surface area (Å²) in [6.07, 6.45) is 3.76. The summed E-state index contributed by atoms with van der Waals surface area (Å²) in [6.45, 7) is 32.3. The third-order valence-electron chi connectivity index (χ3n) is 13.3. The maximum absolute atomic E-state index is 14.7. The van der Waals surface area contributed by atoms with Gasteiger partial charge in [0.2, 0.25) is 0 Å². The molecule has 296 valence electrons. The number of aliphatic hydroxyl groups is 1. The number of nitrogens with zero attached hydrogens (tertiary/aromatic N) is 2. The van der Waals surface area contributed by atoms with Crippen molar-refractivity contribution in [3.8, 4) is 0 Å². The van der Waals surface area contributed by atoms with Crippen molar-refractivity contribution in [2.24, 2.45) is 36.1 Å². The first kappa shape index (κ1) is 44.5. The Labute approximate surface area is 318 Å². The van der Waals surface area contributed by atoms with E-state index in [0.717, 1.165) is 54.5 Å². The first-order valence-electron chi connectivity index (χ1n) is 19.7. The lowest BCUT2D eigenvalue weighted by Gasteiger charge is -2.46. The number of esters is 1. The molecule has 0 saturated heterocycles. The lowest BCUT2D eigenvalue weighted by Crippen LogP contribution is -2.54. The molecule has 1 aromatic carbocycles. The molecule has 1 aliphatic carbocycles. The highest BCUT2D eigenvalue weighted by atomic mass is 28.4. The van der Waals surface area contributed by atoms with Gasteiger partial charge in [-0.25, -0.2) is 4.98 Å². The van der Waals surface area contributed by atoms with Gasteiger partial charge in [0.05, 0.1) is 42.9 Å². The van der Waals surface area contributed by atoms with Gasteiger partial charge in [0.1, 0.15) is 11.6 Å². The van der Waals surface area contributed by atoms with Crippen molar-refractivity contribution in [3.05, 3.63) is 29.6 Å². The van der Waals surface area contributed by atoms with Crippen LogP contribution in [-0.2, 0) is 30.2 Å². The number of benzene rings is 1. The molecule has 7 atom stereocenters. The molecule has 1 saturated carbocycles. The number of aryl methyl sites for hydroxylation is 2. The van der Waals surface area contributed by atoms with Gasteiger partial charge in [-0.2, -0.15) is 0 Å². The van der Waals surface area contributed by atoms with Crippen LogP contribution in [0.3, 0.4) is 0 Å². The number of fused-ring (bicyclic) bond motifs is 1. The molecular formula is C42H74N2O6Si2. The number of Topliss-reactive ketones (excluding diaryl/α,β-unsaturated/α-hetero) is 1. The topological polar surface area (TPSA) is 99.9 Å². The Morgan fingerprint density at radius 3 is 2.10 bits per heavy atom. The average Bonchev–Trinajstić information content (AvgIpc) is 3.70. The number of ketones is 1. The summed E-state index contributed by atoms with van der Waals surface area (Å²) in [4.78, 5) is 32.1. The van der Waals surface area contributed by atoms with E-state index < -0.39 is 34.3 Å². The standard InChI is InChI=1S/C42H74N2O6Si2/c1-27(19-18-20-30-23-32(30)25-35(45)31-21-22-34-33(24-31)43-29(3)44(34)12)38(50-52(16,17)41(7,8)9)28(2)39(47)42(10,11)36(26-37(46)48-13)49-51(14,15)40(4,5)6/h21-22,24,27-28,30,32,35-36,38,45H,18-20,23,25-26H2,1-17H3/t27-,28+,30+,32-,35+,36-,38-/m0/s1. The fraction of sp³-hybridized carbons (Fsp3) is 0.786. The molecule has 1 fully saturated rings. The number of aromatic nitrogens is 2. The van der Waals surface area contributed by atoms with Crippen molar-refractivity contribution in [2.45, 2.75) is 169 Å². The third-order valence-corrected chi connectivity index (χ3v) is 22.3. The van der Waals surface area contributed by atoms with Gasteiger partial charge in [0, 0.05) is 18.4 Å². The van der Waals surface area contributed by atoms with Gasteiger partial charge in [0.25, 0.3) is 0 Å². The van der Waals surface area contributed by atoms with Crippen LogP contribution < -0.4 is 0 Å². The Kier molecular flexibility index (Phi) is 14.1. The molecule has 8 nitrogen and oxygen atoms in total. The highest BCUT2D eigenvalue weighted by Gasteiger charge is 2.50. The van der Waals surface area contributed by atoms with Crippen LogP contribution in [0.15, 0.2) is 18.2 Å². The summed E-state index contributed by atoms with van der Waals surface area (Å²) in [7, 11) is -1.15. The van der Waals surface area contributed by atoms with Crippen molar-refractivity contribution in [1.29, 1.82) is 0 Å². The van der Waals surface area contributed by atoms with E-state index in [0.29, 0.717) is 11.8 Å². The normalized spacial score (nSPS) is 20.3. The molecule has 2 aromatic rings. The largest absolute Gasteiger partial charge is 0.469 e. The minimum Gasteiger partial charge on any atom is -0.469 e. The van der Waals surface area contributed by atoms with Gasteiger partial charge < -0.3 is 23.3 Å². The van der Waals surface area contributed by atoms with Crippen LogP contribution in [0.2, 0.25) is 36.3 Å². The minimum atomic E-state index is -2.32. The Bertz CT molecular complexity index is 1540. The number of carbonyl (C=O) groups is 2. The predicted octanol–water partition coefficient (Wildman–Crippen LogP) is 10.3. The zero-order valence-corrected chi connectivity index (χ0v) is 37.9. The van der Waals surface area contributed by atoms with E-state index in [1.807, 2.05) is 46.9 Å². The molecule has 1 heterocycles. The van der Waals surface area contributed by atoms with Gasteiger partial charge in [-0.15, -0.1) is 0 Å². The Morgan fingerprint density at radius 1 is 0.962 bits per heavy atom. The van der Waals surface area contributed by atoms with Gasteiger partial charge in [-0.1, -0.05) is 88.1 Å². The zero-order chi connectivity index (χ0) is 39.8. The van der Waals surface area contributed by atoms with Crippen LogP contribution in [0.1, 0.15) is 125 Å².